The van der Waals surface area contributed by atoms with Crippen LogP contribution in [-0.2, 0) is 9.59 Å². The molecule has 1 aromatic carbocycles. The van der Waals surface area contributed by atoms with Crippen molar-refractivity contribution < 1.29 is 23.9 Å². The summed E-state index contributed by atoms with van der Waals surface area (Å²) in [5.74, 6) is 1.01. The second kappa shape index (κ2) is 10.2. The lowest BCUT2D eigenvalue weighted by atomic mass is 9.86. The lowest BCUT2D eigenvalue weighted by molar-refractivity contribution is -0.137. The van der Waals surface area contributed by atoms with Gasteiger partial charge in [0.2, 0.25) is 18.6 Å². The predicted octanol–water partition coefficient (Wildman–Crippen LogP) is 3.20. The fourth-order valence-corrected chi connectivity index (χ4v) is 5.00. The lowest BCUT2D eigenvalue weighted by Gasteiger charge is -2.39. The molecule has 0 aliphatic carbocycles. The number of likely N-dealkylation sites (tertiary alicyclic amines) is 2. The summed E-state index contributed by atoms with van der Waals surface area (Å²) in [7, 11) is 0. The van der Waals surface area contributed by atoms with Gasteiger partial charge in [0.25, 0.3) is 5.91 Å². The third kappa shape index (κ3) is 5.83. The van der Waals surface area contributed by atoms with Crippen LogP contribution in [0.2, 0.25) is 0 Å². The zero-order valence-corrected chi connectivity index (χ0v) is 20.6. The van der Waals surface area contributed by atoms with Gasteiger partial charge < -0.3 is 24.6 Å². The standard InChI is InChI=1S/C26H37N3O5/c1-26(2,3)16-22(30)28-13-9-18(10-14-28)23(25(32)29-11-5-4-6-12-29)27-24(31)19-7-8-20-21(15-19)34-17-33-20/h7-8,15,18,23H,4-6,9-14,16-17H2,1-3H3,(H,27,31). The Balaban J connectivity index is 1.45. The van der Waals surface area contributed by atoms with Crippen molar-refractivity contribution in [3.8, 4) is 11.5 Å². The molecule has 3 aliphatic heterocycles. The molecule has 34 heavy (non-hydrogen) atoms. The molecule has 0 spiro atoms. The average Bonchev–Trinajstić information content (AvgIpc) is 3.29. The number of hydrogen-bond acceptors (Lipinski definition) is 5. The monoisotopic (exact) mass is 471 g/mol. The number of carbonyl (C=O) groups is 3. The average molecular weight is 472 g/mol. The Labute approximate surface area is 201 Å². The van der Waals surface area contributed by atoms with Gasteiger partial charge in [-0.2, -0.15) is 0 Å². The van der Waals surface area contributed by atoms with Crippen molar-refractivity contribution in [2.45, 2.75) is 65.3 Å². The molecular formula is C26H37N3O5. The van der Waals surface area contributed by atoms with E-state index in [0.717, 1.165) is 32.4 Å². The smallest absolute Gasteiger partial charge is 0.252 e. The molecule has 8 nitrogen and oxygen atoms in total. The molecule has 3 amide bonds. The topological polar surface area (TPSA) is 88.2 Å². The first-order chi connectivity index (χ1) is 16.2. The number of amides is 3. The van der Waals surface area contributed by atoms with Gasteiger partial charge in [0.15, 0.2) is 11.5 Å². The van der Waals surface area contributed by atoms with E-state index in [4.69, 9.17) is 9.47 Å². The van der Waals surface area contributed by atoms with Crippen LogP contribution in [0.4, 0.5) is 0 Å². The van der Waals surface area contributed by atoms with E-state index in [1.807, 2.05) is 9.80 Å². The van der Waals surface area contributed by atoms with Crippen LogP contribution in [0.3, 0.4) is 0 Å². The summed E-state index contributed by atoms with van der Waals surface area (Å²) in [6, 6.07) is 4.47. The summed E-state index contributed by atoms with van der Waals surface area (Å²) in [5, 5.41) is 3.04. The molecule has 0 aromatic heterocycles. The maximum Gasteiger partial charge on any atom is 0.252 e. The molecule has 2 saturated heterocycles. The van der Waals surface area contributed by atoms with E-state index >= 15 is 0 Å². The van der Waals surface area contributed by atoms with Crippen molar-refractivity contribution >= 4 is 17.7 Å². The minimum absolute atomic E-state index is 0.00624. The van der Waals surface area contributed by atoms with Crippen LogP contribution in [0.5, 0.6) is 11.5 Å². The summed E-state index contributed by atoms with van der Waals surface area (Å²) in [6.07, 6.45) is 5.02. The summed E-state index contributed by atoms with van der Waals surface area (Å²) in [6.45, 7) is 9.04. The first-order valence-corrected chi connectivity index (χ1v) is 12.5. The Kier molecular flexibility index (Phi) is 7.33. The van der Waals surface area contributed by atoms with Crippen LogP contribution in [0.15, 0.2) is 18.2 Å². The number of benzene rings is 1. The molecule has 0 saturated carbocycles. The molecular weight excluding hydrogens is 434 g/mol. The Bertz CT molecular complexity index is 912. The van der Waals surface area contributed by atoms with E-state index in [2.05, 4.69) is 26.1 Å². The van der Waals surface area contributed by atoms with Crippen LogP contribution in [-0.4, -0.2) is 66.5 Å². The Morgan fingerprint density at radius 1 is 0.971 bits per heavy atom. The molecule has 186 valence electrons. The van der Waals surface area contributed by atoms with Crippen LogP contribution < -0.4 is 14.8 Å². The Hall–Kier alpha value is -2.77. The van der Waals surface area contributed by atoms with E-state index < -0.39 is 6.04 Å². The highest BCUT2D eigenvalue weighted by atomic mass is 16.7. The number of carbonyl (C=O) groups excluding carboxylic acids is 3. The van der Waals surface area contributed by atoms with Crippen molar-refractivity contribution in [1.29, 1.82) is 0 Å². The third-order valence-electron chi connectivity index (χ3n) is 6.90. The number of fused-ring (bicyclic) bond motifs is 1. The van der Waals surface area contributed by atoms with Gasteiger partial charge in [-0.05, 0) is 61.6 Å². The molecule has 1 atom stereocenters. The number of ether oxygens (including phenoxy) is 2. The minimum atomic E-state index is -0.601. The fraction of sp³-hybridized carbons (Fsp3) is 0.654. The number of nitrogens with one attached hydrogen (secondary N) is 1. The molecule has 1 N–H and O–H groups in total. The first kappa shape index (κ1) is 24.4. The van der Waals surface area contributed by atoms with Crippen molar-refractivity contribution in [3.63, 3.8) is 0 Å². The van der Waals surface area contributed by atoms with Crippen LogP contribution in [0.25, 0.3) is 0 Å². The summed E-state index contributed by atoms with van der Waals surface area (Å²) in [4.78, 5) is 43.2. The maximum absolute atomic E-state index is 13.5. The first-order valence-electron chi connectivity index (χ1n) is 12.5. The van der Waals surface area contributed by atoms with Gasteiger partial charge in [0.1, 0.15) is 6.04 Å². The molecule has 4 rings (SSSR count). The van der Waals surface area contributed by atoms with Gasteiger partial charge >= 0.3 is 0 Å². The van der Waals surface area contributed by atoms with E-state index in [9.17, 15) is 14.4 Å². The van der Waals surface area contributed by atoms with Gasteiger partial charge in [-0.1, -0.05) is 20.8 Å². The van der Waals surface area contributed by atoms with E-state index in [1.165, 1.54) is 0 Å². The predicted molar refractivity (Wildman–Crippen MR) is 128 cm³/mol. The van der Waals surface area contributed by atoms with E-state index in [0.29, 0.717) is 49.4 Å². The third-order valence-corrected chi connectivity index (χ3v) is 6.90. The number of hydrogen-bond donors (Lipinski definition) is 1. The van der Waals surface area contributed by atoms with Gasteiger partial charge in [0.05, 0.1) is 0 Å². The molecule has 0 radical (unpaired) electrons. The summed E-state index contributed by atoms with van der Waals surface area (Å²) in [5.41, 5.74) is 0.387. The normalized spacial score (nSPS) is 19.6. The highest BCUT2D eigenvalue weighted by Gasteiger charge is 2.37. The molecule has 1 aromatic rings. The SMILES string of the molecule is CC(C)(C)CC(=O)N1CCC(C(NC(=O)c2ccc3c(c2)OCO3)C(=O)N2CCCCC2)CC1. The minimum Gasteiger partial charge on any atom is -0.454 e. The quantitative estimate of drug-likeness (QED) is 0.713. The number of rotatable bonds is 5. The van der Waals surface area contributed by atoms with Crippen molar-refractivity contribution in [2.24, 2.45) is 11.3 Å². The molecule has 8 heteroatoms. The van der Waals surface area contributed by atoms with Gasteiger partial charge in [0, 0.05) is 38.2 Å². The Morgan fingerprint density at radius 3 is 2.32 bits per heavy atom. The molecule has 2 fully saturated rings. The maximum atomic E-state index is 13.5. The fourth-order valence-electron chi connectivity index (χ4n) is 5.00. The molecule has 3 aliphatic rings. The van der Waals surface area contributed by atoms with Crippen LogP contribution in [0.1, 0.15) is 69.7 Å². The van der Waals surface area contributed by atoms with Crippen LogP contribution in [0, 0.1) is 11.3 Å². The summed E-state index contributed by atoms with van der Waals surface area (Å²) < 4.78 is 10.7. The molecule has 1 unspecified atom stereocenters. The van der Waals surface area contributed by atoms with E-state index in [1.54, 1.807) is 18.2 Å². The highest BCUT2D eigenvalue weighted by Crippen LogP contribution is 2.33. The van der Waals surface area contributed by atoms with Gasteiger partial charge in [-0.25, -0.2) is 0 Å². The second-order valence-corrected chi connectivity index (χ2v) is 10.9. The van der Waals surface area contributed by atoms with Crippen LogP contribution >= 0.6 is 0 Å². The van der Waals surface area contributed by atoms with Crippen molar-refractivity contribution in [3.05, 3.63) is 23.8 Å². The molecule has 3 heterocycles. The zero-order valence-electron chi connectivity index (χ0n) is 20.6. The van der Waals surface area contributed by atoms with E-state index in [-0.39, 0.29) is 35.8 Å². The number of nitrogens with zero attached hydrogens (tertiary/aromatic N) is 2. The highest BCUT2D eigenvalue weighted by molar-refractivity contribution is 5.98. The number of piperidine rings is 2. The lowest BCUT2D eigenvalue weighted by Crippen LogP contribution is -2.55. The van der Waals surface area contributed by atoms with Gasteiger partial charge in [-0.3, -0.25) is 14.4 Å². The zero-order chi connectivity index (χ0) is 24.3. The second-order valence-electron chi connectivity index (χ2n) is 10.9. The Morgan fingerprint density at radius 2 is 1.65 bits per heavy atom. The molecule has 0 bridgehead atoms. The van der Waals surface area contributed by atoms with Crippen molar-refractivity contribution in [2.75, 3.05) is 33.0 Å². The summed E-state index contributed by atoms with van der Waals surface area (Å²) >= 11 is 0. The largest absolute Gasteiger partial charge is 0.454 e. The van der Waals surface area contributed by atoms with Crippen molar-refractivity contribution in [1.82, 2.24) is 15.1 Å². The van der Waals surface area contributed by atoms with Gasteiger partial charge in [-0.15, -0.1) is 0 Å².